The van der Waals surface area contributed by atoms with Crippen molar-refractivity contribution >= 4 is 5.78 Å². The van der Waals surface area contributed by atoms with E-state index in [1.807, 2.05) is 6.92 Å². The van der Waals surface area contributed by atoms with E-state index in [1.54, 1.807) is 0 Å². The number of hydrogen-bond acceptors (Lipinski definition) is 2. The molecule has 0 aromatic rings. The zero-order valence-corrected chi connectivity index (χ0v) is 10.5. The predicted octanol–water partition coefficient (Wildman–Crippen LogP) is 2.72. The van der Waals surface area contributed by atoms with Crippen molar-refractivity contribution in [1.82, 2.24) is 4.90 Å². The zero-order chi connectivity index (χ0) is 11.3. The van der Waals surface area contributed by atoms with Gasteiger partial charge in [-0.05, 0) is 44.2 Å². The van der Waals surface area contributed by atoms with Crippen LogP contribution < -0.4 is 0 Å². The van der Waals surface area contributed by atoms with Crippen molar-refractivity contribution in [2.24, 2.45) is 11.8 Å². The Hall–Kier alpha value is -0.370. The summed E-state index contributed by atoms with van der Waals surface area (Å²) in [4.78, 5) is 13.7. The first-order valence-electron chi connectivity index (χ1n) is 6.37. The second-order valence-electron chi connectivity index (χ2n) is 5.10. The number of ketones is 1. The van der Waals surface area contributed by atoms with Gasteiger partial charge in [0.25, 0.3) is 0 Å². The van der Waals surface area contributed by atoms with Crippen LogP contribution in [0, 0.1) is 11.8 Å². The molecule has 0 bridgehead atoms. The lowest BCUT2D eigenvalue weighted by atomic mass is 9.89. The molecule has 0 N–H and O–H groups in total. The molecule has 0 aromatic heterocycles. The Morgan fingerprint density at radius 2 is 2.07 bits per heavy atom. The van der Waals surface area contributed by atoms with Crippen molar-refractivity contribution in [3.05, 3.63) is 0 Å². The lowest BCUT2D eigenvalue weighted by molar-refractivity contribution is -0.119. The van der Waals surface area contributed by atoms with Crippen LogP contribution >= 0.6 is 0 Å². The molecule has 1 heterocycles. The maximum Gasteiger partial charge on any atom is 0.146 e. The van der Waals surface area contributed by atoms with Crippen molar-refractivity contribution in [3.63, 3.8) is 0 Å². The first kappa shape index (κ1) is 12.7. The first-order valence-corrected chi connectivity index (χ1v) is 6.37. The van der Waals surface area contributed by atoms with Gasteiger partial charge in [0.2, 0.25) is 0 Å². The van der Waals surface area contributed by atoms with Crippen molar-refractivity contribution in [1.29, 1.82) is 0 Å². The van der Waals surface area contributed by atoms with Gasteiger partial charge in [-0.25, -0.2) is 0 Å². The summed E-state index contributed by atoms with van der Waals surface area (Å²) in [6.07, 6.45) is 4.56. The normalized spacial score (nSPS) is 24.1. The van der Waals surface area contributed by atoms with Crippen LogP contribution in [0.25, 0.3) is 0 Å². The summed E-state index contributed by atoms with van der Waals surface area (Å²) >= 11 is 0. The average molecular weight is 211 g/mol. The number of likely N-dealkylation sites (tertiary alicyclic amines) is 1. The van der Waals surface area contributed by atoms with Crippen LogP contribution in [0.4, 0.5) is 0 Å². The van der Waals surface area contributed by atoms with E-state index in [9.17, 15) is 4.79 Å². The van der Waals surface area contributed by atoms with Crippen molar-refractivity contribution in [2.75, 3.05) is 19.6 Å². The minimum Gasteiger partial charge on any atom is -0.298 e. The van der Waals surface area contributed by atoms with Gasteiger partial charge in [-0.15, -0.1) is 0 Å². The highest BCUT2D eigenvalue weighted by atomic mass is 16.1. The van der Waals surface area contributed by atoms with E-state index in [0.29, 0.717) is 18.7 Å². The molecule has 2 nitrogen and oxygen atoms in total. The van der Waals surface area contributed by atoms with Crippen LogP contribution in [-0.2, 0) is 4.79 Å². The molecule has 1 unspecified atom stereocenters. The quantitative estimate of drug-likeness (QED) is 0.712. The molecule has 0 spiro atoms. The molecule has 0 radical (unpaired) electrons. The van der Waals surface area contributed by atoms with Gasteiger partial charge < -0.3 is 0 Å². The number of carbonyl (C=O) groups excluding carboxylic acids is 1. The molecule has 0 amide bonds. The number of Topliss-reactive ketones (excluding diaryl/α,β-unsaturated/α-hetero) is 1. The first-order chi connectivity index (χ1) is 7.13. The third-order valence-corrected chi connectivity index (χ3v) is 3.60. The highest BCUT2D eigenvalue weighted by Crippen LogP contribution is 2.24. The van der Waals surface area contributed by atoms with Gasteiger partial charge in [-0.2, -0.15) is 0 Å². The Morgan fingerprint density at radius 1 is 1.33 bits per heavy atom. The Bertz CT molecular complexity index is 201. The number of rotatable bonds is 4. The fourth-order valence-corrected chi connectivity index (χ4v) is 2.37. The van der Waals surface area contributed by atoms with Gasteiger partial charge in [0.05, 0.1) is 6.54 Å². The summed E-state index contributed by atoms with van der Waals surface area (Å²) in [6, 6.07) is 0. The lowest BCUT2D eigenvalue weighted by Gasteiger charge is -2.20. The highest BCUT2D eigenvalue weighted by Gasteiger charge is 2.20. The summed E-state index contributed by atoms with van der Waals surface area (Å²) in [6.45, 7) is 9.51. The van der Waals surface area contributed by atoms with E-state index in [-0.39, 0.29) is 0 Å². The fourth-order valence-electron chi connectivity index (χ4n) is 2.37. The third kappa shape index (κ3) is 4.33. The summed E-state index contributed by atoms with van der Waals surface area (Å²) in [5.41, 5.74) is 0. The number of nitrogens with zero attached hydrogens (tertiary/aromatic N) is 1. The molecule has 1 rings (SSSR count). The molecule has 0 saturated carbocycles. The Labute approximate surface area is 94.0 Å². The van der Waals surface area contributed by atoms with Gasteiger partial charge in [0.1, 0.15) is 5.78 Å². The van der Waals surface area contributed by atoms with Crippen LogP contribution in [0.2, 0.25) is 0 Å². The van der Waals surface area contributed by atoms with Gasteiger partial charge in [-0.3, -0.25) is 9.69 Å². The van der Waals surface area contributed by atoms with Crippen LogP contribution in [0.15, 0.2) is 0 Å². The maximum absolute atomic E-state index is 11.4. The highest BCUT2D eigenvalue weighted by molar-refractivity contribution is 5.80. The molecule has 0 aromatic carbocycles. The van der Waals surface area contributed by atoms with Crippen molar-refractivity contribution in [3.8, 4) is 0 Å². The minimum absolute atomic E-state index is 0.387. The largest absolute Gasteiger partial charge is 0.298 e. The molecule has 0 aliphatic carbocycles. The summed E-state index contributed by atoms with van der Waals surface area (Å²) in [7, 11) is 0. The second-order valence-corrected chi connectivity index (χ2v) is 5.10. The molecule has 1 fully saturated rings. The van der Waals surface area contributed by atoms with Gasteiger partial charge in [0, 0.05) is 6.42 Å². The van der Waals surface area contributed by atoms with Gasteiger partial charge in [-0.1, -0.05) is 20.8 Å². The minimum atomic E-state index is 0.387. The second kappa shape index (κ2) is 6.26. The number of hydrogen-bond donors (Lipinski definition) is 0. The molecule has 1 aliphatic rings. The summed E-state index contributed by atoms with van der Waals surface area (Å²) in [5, 5.41) is 0. The Morgan fingerprint density at radius 3 is 2.67 bits per heavy atom. The Kier molecular flexibility index (Phi) is 5.30. The number of carbonyl (C=O) groups is 1. The standard InChI is InChI=1S/C13H25NO/c1-4-13(15)10-14-8-5-6-12(7-9-14)11(2)3/h11-12H,4-10H2,1-3H3. The predicted molar refractivity (Wildman–Crippen MR) is 63.9 cm³/mol. The molecule has 15 heavy (non-hydrogen) atoms. The van der Waals surface area contributed by atoms with E-state index in [1.165, 1.54) is 19.3 Å². The van der Waals surface area contributed by atoms with E-state index < -0.39 is 0 Å². The van der Waals surface area contributed by atoms with Gasteiger partial charge >= 0.3 is 0 Å². The molecular formula is C13H25NO. The average Bonchev–Trinajstić information content (AvgIpc) is 2.43. The molecule has 2 heteroatoms. The maximum atomic E-state index is 11.4. The topological polar surface area (TPSA) is 20.3 Å². The molecule has 88 valence electrons. The van der Waals surface area contributed by atoms with E-state index in [0.717, 1.165) is 24.9 Å². The van der Waals surface area contributed by atoms with Crippen LogP contribution in [0.5, 0.6) is 0 Å². The van der Waals surface area contributed by atoms with E-state index >= 15 is 0 Å². The lowest BCUT2D eigenvalue weighted by Crippen LogP contribution is -2.30. The Balaban J connectivity index is 2.35. The van der Waals surface area contributed by atoms with E-state index in [4.69, 9.17) is 0 Å². The molecule has 1 atom stereocenters. The molecular weight excluding hydrogens is 186 g/mol. The fraction of sp³-hybridized carbons (Fsp3) is 0.923. The summed E-state index contributed by atoms with van der Waals surface area (Å²) < 4.78 is 0. The smallest absolute Gasteiger partial charge is 0.146 e. The van der Waals surface area contributed by atoms with Crippen molar-refractivity contribution in [2.45, 2.75) is 46.5 Å². The van der Waals surface area contributed by atoms with E-state index in [2.05, 4.69) is 18.7 Å². The zero-order valence-electron chi connectivity index (χ0n) is 10.5. The monoisotopic (exact) mass is 211 g/mol. The third-order valence-electron chi connectivity index (χ3n) is 3.60. The molecule has 1 aliphatic heterocycles. The SMILES string of the molecule is CCC(=O)CN1CCCC(C(C)C)CC1. The van der Waals surface area contributed by atoms with Gasteiger partial charge in [0.15, 0.2) is 0 Å². The summed E-state index contributed by atoms with van der Waals surface area (Å²) in [5.74, 6) is 2.05. The molecule has 1 saturated heterocycles. The van der Waals surface area contributed by atoms with Crippen LogP contribution in [0.3, 0.4) is 0 Å². The van der Waals surface area contributed by atoms with Crippen LogP contribution in [-0.4, -0.2) is 30.3 Å². The van der Waals surface area contributed by atoms with Crippen molar-refractivity contribution < 1.29 is 4.79 Å². The van der Waals surface area contributed by atoms with Crippen LogP contribution in [0.1, 0.15) is 46.5 Å².